The number of carbonyl (C=O) groups is 7. The average molecular weight is 1900 g/mol. The zero-order chi connectivity index (χ0) is 96.1. The summed E-state index contributed by atoms with van der Waals surface area (Å²) in [7, 11) is -5.65. The summed E-state index contributed by atoms with van der Waals surface area (Å²) >= 11 is 0. The highest BCUT2D eigenvalue weighted by Gasteiger charge is 2.55. The van der Waals surface area contributed by atoms with Crippen molar-refractivity contribution in [2.45, 2.75) is 557 Å². The molecule has 0 aromatic carbocycles. The first-order valence-electron chi connectivity index (χ1n) is 52.1. The molecule has 0 aliphatic carbocycles. The molecule has 31 nitrogen and oxygen atoms in total. The van der Waals surface area contributed by atoms with Gasteiger partial charge >= 0.3 is 31.7 Å². The van der Waals surface area contributed by atoms with E-state index < -0.39 is 211 Å². The molecule has 3 amide bonds. The standard InChI is InChI=1S/C99H184N3O28P/c1-8-14-20-26-32-36-42-48-54-60-77(124-84(109)62-56-50-44-38-34-28-22-16-10-3)70-82(107)101-88-95(128-86(111)68-75(104)58-52-46-40-30-24-18-12-5)91(114)80(127-97(88)121-67-65-100-81(106)64-66-120-99-93(116)92(115)90(113)74(7)123-99)73-122-98-89(96(94(79(72-103)126-98)130-131(117,118)119)129-87(112)69-76(105)59-53-47-41-31-25-19-13-6)102-83(108)71-78(61-55-49-43-37-33-27-21-15-9-2)125-85(110)63-57-51-45-39-35-29-23-17-11-4/h74-80,88-99,103-105,113-116H,8-73H2,1-7H3,(H,100,106)(H,101,107)(H,102,108)(H2,117,118,119)/t74-,75+,76+,77+,78+,79+,80+,88+,89+,90-,91+,92+,93+,94+,95+,96+,97+,98+,99-/m0/s1. The van der Waals surface area contributed by atoms with Crippen molar-refractivity contribution in [1.82, 2.24) is 16.0 Å². The Kier molecular flexibility index (Phi) is 71.0. The SMILES string of the molecule is CCCCCCCCCCCC(=O)O[C@H](CCCCCCCCCCC)CC(=O)N[C@H]1[C@H](OC[C@H]2O[C@@H](OCCNC(=O)CCO[C@H]3O[C@@H](C)[C@H](O)[C@@H](O)[C@H]3O)[C@H](NC(=O)C[C@@H](CCCCCCCCCCC)OC(=O)CCCCCCCCCCC)[C@@H](OC(=O)C[C@H](O)CCCCCCCCC)[C@@H]2O)O[C@H](CO)[C@@H](OP(=O)(O)O)[C@@H]1OC(=O)C[C@H](O)CCCCCCCCC. The number of hydrogen-bond acceptors (Lipinski definition) is 26. The number of phosphoric ester groups is 1. The maximum atomic E-state index is 15.2. The Hall–Kier alpha value is -4.12. The quantitative estimate of drug-likeness (QED) is 0.0116. The first-order chi connectivity index (χ1) is 63.2. The second-order valence-corrected chi connectivity index (χ2v) is 38.5. The minimum Gasteiger partial charge on any atom is -0.462 e. The van der Waals surface area contributed by atoms with E-state index >= 15 is 9.59 Å². The van der Waals surface area contributed by atoms with Gasteiger partial charge in [0.15, 0.2) is 31.1 Å². The van der Waals surface area contributed by atoms with Crippen molar-refractivity contribution >= 4 is 49.4 Å². The summed E-state index contributed by atoms with van der Waals surface area (Å²) in [6, 6.07) is -3.52. The molecule has 0 saturated carbocycles. The van der Waals surface area contributed by atoms with Crippen LogP contribution in [-0.4, -0.2) is 237 Å². The maximum Gasteiger partial charge on any atom is 0.470 e. The van der Waals surface area contributed by atoms with Crippen LogP contribution in [0.5, 0.6) is 0 Å². The maximum absolute atomic E-state index is 15.2. The van der Waals surface area contributed by atoms with Crippen molar-refractivity contribution in [3.63, 3.8) is 0 Å². The molecule has 0 bridgehead atoms. The highest BCUT2D eigenvalue weighted by Crippen LogP contribution is 2.43. The highest BCUT2D eigenvalue weighted by atomic mass is 31.2. The molecule has 3 rings (SSSR count). The van der Waals surface area contributed by atoms with Gasteiger partial charge in [0.2, 0.25) is 17.7 Å². The van der Waals surface area contributed by atoms with Gasteiger partial charge in [0, 0.05) is 19.4 Å². The molecule has 768 valence electrons. The smallest absolute Gasteiger partial charge is 0.462 e. The van der Waals surface area contributed by atoms with Gasteiger partial charge in [0.25, 0.3) is 0 Å². The molecule has 0 radical (unpaired) electrons. The second-order valence-electron chi connectivity index (χ2n) is 37.3. The van der Waals surface area contributed by atoms with E-state index in [1.165, 1.54) is 39.0 Å². The predicted molar refractivity (Wildman–Crippen MR) is 502 cm³/mol. The Morgan fingerprint density at radius 2 is 0.695 bits per heavy atom. The molecule has 0 aromatic heterocycles. The summed E-state index contributed by atoms with van der Waals surface area (Å²) < 4.78 is 80.3. The molecule has 3 fully saturated rings. The third-order valence-electron chi connectivity index (χ3n) is 25.2. The molecular formula is C99H184N3O28P. The van der Waals surface area contributed by atoms with Crippen LogP contribution >= 0.6 is 7.82 Å². The summed E-state index contributed by atoms with van der Waals surface area (Å²) in [5, 5.41) is 86.6. The lowest BCUT2D eigenvalue weighted by molar-refractivity contribution is -0.304. The van der Waals surface area contributed by atoms with Crippen LogP contribution in [-0.2, 0) is 90.0 Å². The fraction of sp³-hybridized carbons (Fsp3) is 0.929. The zero-order valence-electron chi connectivity index (χ0n) is 81.9. The van der Waals surface area contributed by atoms with Crippen LogP contribution in [0.4, 0.5) is 0 Å². The first-order valence-corrected chi connectivity index (χ1v) is 53.6. The zero-order valence-corrected chi connectivity index (χ0v) is 82.8. The minimum absolute atomic E-state index is 0.0915. The fourth-order valence-corrected chi connectivity index (χ4v) is 17.9. The van der Waals surface area contributed by atoms with E-state index in [9.17, 15) is 74.1 Å². The summed E-state index contributed by atoms with van der Waals surface area (Å²) in [5.74, 6) is -5.30. The Bertz CT molecular complexity index is 2940. The van der Waals surface area contributed by atoms with Gasteiger partial charge in [0.05, 0.1) is 76.8 Å². The van der Waals surface area contributed by atoms with Crippen LogP contribution in [0, 0.1) is 0 Å². The van der Waals surface area contributed by atoms with Gasteiger partial charge in [-0.05, 0) is 58.3 Å². The first kappa shape index (κ1) is 121. The van der Waals surface area contributed by atoms with Gasteiger partial charge < -0.3 is 109 Å². The molecule has 0 spiro atoms. The van der Waals surface area contributed by atoms with Crippen molar-refractivity contribution in [2.75, 3.05) is 33.0 Å². The molecule has 12 N–H and O–H groups in total. The van der Waals surface area contributed by atoms with E-state index in [0.717, 1.165) is 250 Å². The van der Waals surface area contributed by atoms with Crippen molar-refractivity contribution in [2.24, 2.45) is 0 Å². The van der Waals surface area contributed by atoms with Crippen LogP contribution in [0.15, 0.2) is 0 Å². The number of ether oxygens (including phenoxy) is 10. The lowest BCUT2D eigenvalue weighted by atomic mass is 9.95. The average Bonchev–Trinajstić information content (AvgIpc) is 0.776. The molecule has 19 atom stereocenters. The van der Waals surface area contributed by atoms with E-state index in [1.807, 2.05) is 0 Å². The fourth-order valence-electron chi connectivity index (χ4n) is 17.3. The Balaban J connectivity index is 2.26. The molecule has 0 aromatic rings. The molecule has 3 saturated heterocycles. The topological polar surface area (TPSA) is 456 Å². The van der Waals surface area contributed by atoms with E-state index in [0.29, 0.717) is 44.9 Å². The van der Waals surface area contributed by atoms with Crippen LogP contribution < -0.4 is 16.0 Å². The number of hydrogen-bond donors (Lipinski definition) is 12. The summed E-state index contributed by atoms with van der Waals surface area (Å²) in [5.41, 5.74) is 0. The van der Waals surface area contributed by atoms with Gasteiger partial charge in [0.1, 0.15) is 67.0 Å². The molecule has 0 unspecified atom stereocenters. The third-order valence-corrected chi connectivity index (χ3v) is 25.8. The normalized spacial score (nSPS) is 23.2. The Morgan fingerprint density at radius 3 is 1.08 bits per heavy atom. The lowest BCUT2D eigenvalue weighted by Crippen LogP contribution is -2.68. The summed E-state index contributed by atoms with van der Waals surface area (Å²) in [4.78, 5) is 122. The van der Waals surface area contributed by atoms with Crippen molar-refractivity contribution in [3.8, 4) is 0 Å². The molecule has 3 aliphatic rings. The highest BCUT2D eigenvalue weighted by molar-refractivity contribution is 7.46. The number of aliphatic hydroxyl groups is 7. The van der Waals surface area contributed by atoms with Gasteiger partial charge in [-0.3, -0.25) is 38.1 Å². The Morgan fingerprint density at radius 1 is 0.351 bits per heavy atom. The van der Waals surface area contributed by atoms with E-state index in [1.54, 1.807) is 0 Å². The Labute approximate surface area is 786 Å². The van der Waals surface area contributed by atoms with Gasteiger partial charge in [-0.2, -0.15) is 0 Å². The second kappa shape index (κ2) is 76.8. The van der Waals surface area contributed by atoms with E-state index in [4.69, 9.17) is 51.9 Å². The third kappa shape index (κ3) is 57.8. The molecular weight excluding hydrogens is 1710 g/mol. The van der Waals surface area contributed by atoms with Crippen molar-refractivity contribution in [3.05, 3.63) is 0 Å². The number of aliphatic hydroxyl groups excluding tert-OH is 7. The number of esters is 4. The van der Waals surface area contributed by atoms with Gasteiger partial charge in [-0.1, -0.05) is 337 Å². The monoisotopic (exact) mass is 1890 g/mol. The predicted octanol–water partition coefficient (Wildman–Crippen LogP) is 16.5. The van der Waals surface area contributed by atoms with E-state index in [2.05, 4.69) is 57.5 Å². The number of phosphoric acid groups is 1. The van der Waals surface area contributed by atoms with Crippen LogP contribution in [0.2, 0.25) is 0 Å². The lowest BCUT2D eigenvalue weighted by Gasteiger charge is -2.47. The van der Waals surface area contributed by atoms with Crippen molar-refractivity contribution in [1.29, 1.82) is 0 Å². The summed E-state index contributed by atoms with van der Waals surface area (Å²) in [6.07, 6.45) is 21.2. The van der Waals surface area contributed by atoms with E-state index in [-0.39, 0.29) is 51.7 Å². The minimum atomic E-state index is -5.65. The van der Waals surface area contributed by atoms with Gasteiger partial charge in [-0.15, -0.1) is 0 Å². The number of nitrogens with one attached hydrogen (secondary N) is 3. The largest absolute Gasteiger partial charge is 0.470 e. The summed E-state index contributed by atoms with van der Waals surface area (Å²) in [6.45, 7) is 11.4. The molecule has 32 heteroatoms. The molecule has 3 aliphatic heterocycles. The molecule has 3 heterocycles. The van der Waals surface area contributed by atoms with Crippen LogP contribution in [0.3, 0.4) is 0 Å². The van der Waals surface area contributed by atoms with Crippen LogP contribution in [0.25, 0.3) is 0 Å². The number of unbranched alkanes of at least 4 members (excludes halogenated alkanes) is 44. The number of carbonyl (C=O) groups excluding carboxylic acids is 7. The van der Waals surface area contributed by atoms with Gasteiger partial charge in [-0.25, -0.2) is 4.57 Å². The van der Waals surface area contributed by atoms with Crippen molar-refractivity contribution < 1.29 is 136 Å². The number of rotatable bonds is 84. The molecule has 131 heavy (non-hydrogen) atoms. The number of amides is 3. The van der Waals surface area contributed by atoms with Crippen LogP contribution in [0.1, 0.15) is 440 Å².